The Kier molecular flexibility index (Phi) is 32.8. The SMILES string of the molecule is CC/C=C\C/C=C\C/C=C\C/C=C\CCCCC(=O)NC(COC1OC(CO)C(O)C(O)C1O)C(O)/C=C/CC/C=C/CC/C=C/CCCCCCCCC. The van der Waals surface area contributed by atoms with Crippen LogP contribution in [-0.2, 0) is 14.3 Å². The third-order valence-electron chi connectivity index (χ3n) is 9.43. The monoisotopic (exact) mass is 772 g/mol. The van der Waals surface area contributed by atoms with Gasteiger partial charge >= 0.3 is 0 Å². The molecular weight excluding hydrogens is 695 g/mol. The Bertz CT molecular complexity index is 1130. The summed E-state index contributed by atoms with van der Waals surface area (Å²) in [6.07, 6.45) is 42.0. The lowest BCUT2D eigenvalue weighted by molar-refractivity contribution is -0.302. The van der Waals surface area contributed by atoms with E-state index in [9.17, 15) is 30.3 Å². The lowest BCUT2D eigenvalue weighted by Gasteiger charge is -2.40. The van der Waals surface area contributed by atoms with Crippen LogP contribution in [0.5, 0.6) is 0 Å². The van der Waals surface area contributed by atoms with Gasteiger partial charge in [0.2, 0.25) is 5.91 Å². The summed E-state index contributed by atoms with van der Waals surface area (Å²) in [5.41, 5.74) is 0. The first-order valence-corrected chi connectivity index (χ1v) is 21.3. The maximum atomic E-state index is 12.9. The van der Waals surface area contributed by atoms with E-state index in [2.05, 4.69) is 92.1 Å². The maximum absolute atomic E-state index is 12.9. The zero-order valence-electron chi connectivity index (χ0n) is 34.1. The number of amides is 1. The molecule has 0 aromatic heterocycles. The highest BCUT2D eigenvalue weighted by Crippen LogP contribution is 2.22. The van der Waals surface area contributed by atoms with Gasteiger partial charge in [-0.15, -0.1) is 0 Å². The molecule has 1 aliphatic heterocycles. The summed E-state index contributed by atoms with van der Waals surface area (Å²) in [4.78, 5) is 12.9. The fraction of sp³-hybridized carbons (Fsp3) is 0.674. The van der Waals surface area contributed by atoms with Gasteiger partial charge in [-0.25, -0.2) is 0 Å². The highest BCUT2D eigenvalue weighted by molar-refractivity contribution is 5.76. The molecule has 0 spiro atoms. The lowest BCUT2D eigenvalue weighted by Crippen LogP contribution is -2.60. The van der Waals surface area contributed by atoms with Crippen LogP contribution in [0, 0.1) is 0 Å². The molecule has 0 aromatic rings. The fourth-order valence-electron chi connectivity index (χ4n) is 6.00. The topological polar surface area (TPSA) is 149 Å². The van der Waals surface area contributed by atoms with Gasteiger partial charge in [-0.3, -0.25) is 4.79 Å². The molecule has 0 saturated carbocycles. The van der Waals surface area contributed by atoms with E-state index in [-0.39, 0.29) is 18.9 Å². The molecule has 1 amide bonds. The molecule has 1 saturated heterocycles. The van der Waals surface area contributed by atoms with E-state index in [0.29, 0.717) is 12.8 Å². The second-order valence-corrected chi connectivity index (χ2v) is 14.4. The lowest BCUT2D eigenvalue weighted by atomic mass is 9.99. The van der Waals surface area contributed by atoms with Crippen molar-refractivity contribution in [1.82, 2.24) is 5.32 Å². The molecule has 0 radical (unpaired) electrons. The van der Waals surface area contributed by atoms with Gasteiger partial charge in [-0.2, -0.15) is 0 Å². The molecule has 7 unspecified atom stereocenters. The van der Waals surface area contributed by atoms with E-state index in [4.69, 9.17) is 9.47 Å². The summed E-state index contributed by atoms with van der Waals surface area (Å²) in [6, 6.07) is -0.853. The Morgan fingerprint density at radius 1 is 0.636 bits per heavy atom. The van der Waals surface area contributed by atoms with Crippen molar-refractivity contribution in [2.45, 2.75) is 185 Å². The predicted octanol–water partition coefficient (Wildman–Crippen LogP) is 8.38. The van der Waals surface area contributed by atoms with Crippen LogP contribution in [0.1, 0.15) is 142 Å². The van der Waals surface area contributed by atoms with E-state index in [1.807, 2.05) is 6.08 Å². The van der Waals surface area contributed by atoms with E-state index in [0.717, 1.165) is 64.2 Å². The summed E-state index contributed by atoms with van der Waals surface area (Å²) in [5, 5.41) is 54.0. The van der Waals surface area contributed by atoms with Gasteiger partial charge in [0, 0.05) is 6.42 Å². The number of nitrogens with one attached hydrogen (secondary N) is 1. The molecule has 1 rings (SSSR count). The van der Waals surface area contributed by atoms with Crippen LogP contribution in [0.25, 0.3) is 0 Å². The molecular formula is C46H77NO8. The fourth-order valence-corrected chi connectivity index (χ4v) is 6.00. The molecule has 1 heterocycles. The molecule has 6 N–H and O–H groups in total. The number of allylic oxidation sites excluding steroid dienone is 13. The maximum Gasteiger partial charge on any atom is 0.220 e. The molecule has 9 nitrogen and oxygen atoms in total. The first kappa shape index (κ1) is 50.4. The quantitative estimate of drug-likeness (QED) is 0.0288. The summed E-state index contributed by atoms with van der Waals surface area (Å²) in [7, 11) is 0. The minimum atomic E-state index is -1.59. The number of unbranched alkanes of at least 4 members (excludes halogenated alkanes) is 11. The summed E-state index contributed by atoms with van der Waals surface area (Å²) < 4.78 is 11.1. The summed E-state index contributed by atoms with van der Waals surface area (Å²) in [6.45, 7) is 3.57. The van der Waals surface area contributed by atoms with Crippen molar-refractivity contribution in [1.29, 1.82) is 0 Å². The zero-order chi connectivity index (χ0) is 40.2. The zero-order valence-corrected chi connectivity index (χ0v) is 34.1. The number of aliphatic hydroxyl groups excluding tert-OH is 5. The van der Waals surface area contributed by atoms with Crippen molar-refractivity contribution in [3.63, 3.8) is 0 Å². The average molecular weight is 772 g/mol. The summed E-state index contributed by atoms with van der Waals surface area (Å²) in [5.74, 6) is -0.237. The Labute approximate surface area is 333 Å². The van der Waals surface area contributed by atoms with Crippen molar-refractivity contribution in [2.75, 3.05) is 13.2 Å². The van der Waals surface area contributed by atoms with E-state index in [1.165, 1.54) is 44.9 Å². The van der Waals surface area contributed by atoms with Crippen molar-refractivity contribution in [3.8, 4) is 0 Å². The molecule has 1 aliphatic rings. The Hall–Kier alpha value is -2.63. The number of carbonyl (C=O) groups is 1. The minimum Gasteiger partial charge on any atom is -0.394 e. The van der Waals surface area contributed by atoms with Gasteiger partial charge in [-0.1, -0.05) is 137 Å². The normalized spacial score (nSPS) is 22.2. The van der Waals surface area contributed by atoms with Crippen LogP contribution >= 0.6 is 0 Å². The van der Waals surface area contributed by atoms with Crippen molar-refractivity contribution >= 4 is 5.91 Å². The van der Waals surface area contributed by atoms with Crippen LogP contribution < -0.4 is 5.32 Å². The Morgan fingerprint density at radius 3 is 1.75 bits per heavy atom. The Balaban J connectivity index is 2.49. The molecule has 0 bridgehead atoms. The standard InChI is InChI=1S/C46H77NO8/c1-3-5-7-9-11-13-15-17-19-20-22-23-25-27-29-31-33-35-40(49)39(38-54-46-45(53)44(52)43(51)41(37-48)55-46)47-42(50)36-34-32-30-28-26-24-21-18-16-14-12-10-8-6-4-2/h6,8,12,14,18-21,25-28,33,35,39-41,43-46,48-49,51-53H,3-5,7,9-11,13,15-17,22-24,29-32,34,36-38H2,1-2H3,(H,47,50)/b8-6-,14-12-,20-19+,21-18-,27-25+,28-26-,35-33+. The van der Waals surface area contributed by atoms with E-state index < -0.39 is 49.5 Å². The molecule has 314 valence electrons. The largest absolute Gasteiger partial charge is 0.394 e. The van der Waals surface area contributed by atoms with E-state index >= 15 is 0 Å². The smallest absolute Gasteiger partial charge is 0.220 e. The number of aliphatic hydroxyl groups is 5. The van der Waals surface area contributed by atoms with Crippen LogP contribution in [0.15, 0.2) is 85.1 Å². The number of carbonyl (C=O) groups excluding carboxylic acids is 1. The van der Waals surface area contributed by atoms with E-state index in [1.54, 1.807) is 6.08 Å². The Morgan fingerprint density at radius 2 is 1.15 bits per heavy atom. The number of rotatable bonds is 33. The van der Waals surface area contributed by atoms with Gasteiger partial charge in [0.05, 0.1) is 25.4 Å². The molecule has 7 atom stereocenters. The van der Waals surface area contributed by atoms with Crippen molar-refractivity contribution in [3.05, 3.63) is 85.1 Å². The van der Waals surface area contributed by atoms with Crippen molar-refractivity contribution in [2.24, 2.45) is 0 Å². The highest BCUT2D eigenvalue weighted by atomic mass is 16.7. The second kappa shape index (κ2) is 35.8. The first-order chi connectivity index (χ1) is 26.8. The molecule has 55 heavy (non-hydrogen) atoms. The predicted molar refractivity (Wildman–Crippen MR) is 225 cm³/mol. The third kappa shape index (κ3) is 26.8. The van der Waals surface area contributed by atoms with Gasteiger partial charge in [0.15, 0.2) is 6.29 Å². The number of ether oxygens (including phenoxy) is 2. The second-order valence-electron chi connectivity index (χ2n) is 14.4. The average Bonchev–Trinajstić information content (AvgIpc) is 3.18. The molecule has 9 heteroatoms. The van der Waals surface area contributed by atoms with Gasteiger partial charge in [0.1, 0.15) is 24.4 Å². The van der Waals surface area contributed by atoms with Crippen LogP contribution in [0.4, 0.5) is 0 Å². The van der Waals surface area contributed by atoms with Crippen LogP contribution in [-0.4, -0.2) is 87.5 Å². The van der Waals surface area contributed by atoms with Crippen LogP contribution in [0.3, 0.4) is 0 Å². The highest BCUT2D eigenvalue weighted by Gasteiger charge is 2.44. The number of hydrogen-bond acceptors (Lipinski definition) is 8. The minimum absolute atomic E-state index is 0.228. The van der Waals surface area contributed by atoms with Crippen LogP contribution in [0.2, 0.25) is 0 Å². The molecule has 1 fully saturated rings. The number of hydrogen-bond donors (Lipinski definition) is 6. The first-order valence-electron chi connectivity index (χ1n) is 21.3. The molecule has 0 aliphatic carbocycles. The van der Waals surface area contributed by atoms with Gasteiger partial charge in [-0.05, 0) is 83.5 Å². The van der Waals surface area contributed by atoms with Gasteiger partial charge in [0.25, 0.3) is 0 Å². The van der Waals surface area contributed by atoms with Gasteiger partial charge < -0.3 is 40.3 Å². The third-order valence-corrected chi connectivity index (χ3v) is 9.43. The summed E-state index contributed by atoms with van der Waals surface area (Å²) >= 11 is 0. The van der Waals surface area contributed by atoms with Crippen molar-refractivity contribution < 1.29 is 39.8 Å². The molecule has 0 aromatic carbocycles.